The molecule has 0 bridgehead atoms. The Kier molecular flexibility index (Phi) is 7.97. The maximum absolute atomic E-state index is 13.4. The fourth-order valence-corrected chi connectivity index (χ4v) is 3.66. The predicted molar refractivity (Wildman–Crippen MR) is 138 cm³/mol. The van der Waals surface area contributed by atoms with E-state index < -0.39 is 0 Å². The average molecular weight is 485 g/mol. The third kappa shape index (κ3) is 6.29. The molecule has 2 amide bonds. The van der Waals surface area contributed by atoms with Gasteiger partial charge in [-0.15, -0.1) is 0 Å². The highest BCUT2D eigenvalue weighted by molar-refractivity contribution is 6.08. The molecule has 0 aliphatic heterocycles. The van der Waals surface area contributed by atoms with Crippen LogP contribution in [0.1, 0.15) is 22.8 Å². The summed E-state index contributed by atoms with van der Waals surface area (Å²) in [6, 6.07) is 24.3. The van der Waals surface area contributed by atoms with Crippen LogP contribution in [-0.2, 0) is 11.3 Å². The Hall–Kier alpha value is -4.59. The molecule has 8 nitrogen and oxygen atoms in total. The highest BCUT2D eigenvalue weighted by Crippen LogP contribution is 2.26. The van der Waals surface area contributed by atoms with Crippen molar-refractivity contribution in [3.05, 3.63) is 96.2 Å². The Bertz CT molecular complexity index is 1320. The SMILES string of the molecule is CCNC(=O)COc1cccc(NC(=O)c2cn(Cc3ccccc3)nc2-c2ccc(OC)cc2)c1. The Morgan fingerprint density at radius 3 is 2.44 bits per heavy atom. The van der Waals surface area contributed by atoms with Gasteiger partial charge >= 0.3 is 0 Å². The quantitative estimate of drug-likeness (QED) is 0.349. The monoisotopic (exact) mass is 484 g/mol. The smallest absolute Gasteiger partial charge is 0.259 e. The number of ether oxygens (including phenoxy) is 2. The highest BCUT2D eigenvalue weighted by Gasteiger charge is 2.19. The molecule has 0 saturated carbocycles. The van der Waals surface area contributed by atoms with Gasteiger partial charge in [-0.05, 0) is 48.9 Å². The zero-order valence-corrected chi connectivity index (χ0v) is 20.2. The van der Waals surface area contributed by atoms with Crippen LogP contribution in [0.5, 0.6) is 11.5 Å². The van der Waals surface area contributed by atoms with Crippen LogP contribution in [0.3, 0.4) is 0 Å². The number of hydrogen-bond donors (Lipinski definition) is 2. The van der Waals surface area contributed by atoms with E-state index in [2.05, 4.69) is 10.6 Å². The molecule has 2 N–H and O–H groups in total. The minimum atomic E-state index is -0.305. The molecule has 0 unspecified atom stereocenters. The van der Waals surface area contributed by atoms with Crippen LogP contribution in [0, 0.1) is 0 Å². The van der Waals surface area contributed by atoms with Crippen molar-refractivity contribution in [2.75, 3.05) is 25.6 Å². The lowest BCUT2D eigenvalue weighted by atomic mass is 10.1. The summed E-state index contributed by atoms with van der Waals surface area (Å²) in [6.07, 6.45) is 1.75. The number of carbonyl (C=O) groups excluding carboxylic acids is 2. The second kappa shape index (κ2) is 11.7. The van der Waals surface area contributed by atoms with Crippen molar-refractivity contribution >= 4 is 17.5 Å². The van der Waals surface area contributed by atoms with Crippen LogP contribution < -0.4 is 20.1 Å². The Labute approximate surface area is 209 Å². The molecule has 0 radical (unpaired) electrons. The molecule has 184 valence electrons. The van der Waals surface area contributed by atoms with Gasteiger partial charge in [0.2, 0.25) is 0 Å². The fraction of sp³-hybridized carbons (Fsp3) is 0.179. The van der Waals surface area contributed by atoms with Crippen LogP contribution >= 0.6 is 0 Å². The van der Waals surface area contributed by atoms with E-state index in [1.165, 1.54) is 0 Å². The van der Waals surface area contributed by atoms with Gasteiger partial charge in [0, 0.05) is 30.1 Å². The largest absolute Gasteiger partial charge is 0.497 e. The molecule has 8 heteroatoms. The van der Waals surface area contributed by atoms with Gasteiger partial charge in [-0.3, -0.25) is 14.3 Å². The zero-order valence-electron chi connectivity index (χ0n) is 20.2. The van der Waals surface area contributed by atoms with E-state index in [1.807, 2.05) is 61.5 Å². The minimum absolute atomic E-state index is 0.0981. The van der Waals surface area contributed by atoms with E-state index in [4.69, 9.17) is 14.6 Å². The average Bonchev–Trinajstić information content (AvgIpc) is 3.32. The van der Waals surface area contributed by atoms with Crippen LogP contribution in [0.2, 0.25) is 0 Å². The third-order valence-corrected chi connectivity index (χ3v) is 5.39. The molecule has 36 heavy (non-hydrogen) atoms. The summed E-state index contributed by atoms with van der Waals surface area (Å²) < 4.78 is 12.6. The number of anilines is 1. The molecule has 1 heterocycles. The zero-order chi connectivity index (χ0) is 25.3. The molecule has 3 aromatic carbocycles. The van der Waals surface area contributed by atoms with Crippen LogP contribution in [0.4, 0.5) is 5.69 Å². The molecule has 0 aliphatic rings. The fourth-order valence-electron chi connectivity index (χ4n) is 3.66. The van der Waals surface area contributed by atoms with E-state index in [1.54, 1.807) is 42.3 Å². The van der Waals surface area contributed by atoms with Crippen molar-refractivity contribution in [1.29, 1.82) is 0 Å². The maximum atomic E-state index is 13.4. The van der Waals surface area contributed by atoms with E-state index in [-0.39, 0.29) is 18.4 Å². The number of amides is 2. The molecule has 0 saturated heterocycles. The van der Waals surface area contributed by atoms with Gasteiger partial charge in [0.25, 0.3) is 11.8 Å². The summed E-state index contributed by atoms with van der Waals surface area (Å²) in [5, 5.41) is 10.3. The highest BCUT2D eigenvalue weighted by atomic mass is 16.5. The van der Waals surface area contributed by atoms with Crippen molar-refractivity contribution < 1.29 is 19.1 Å². The number of aromatic nitrogens is 2. The number of nitrogens with zero attached hydrogens (tertiary/aromatic N) is 2. The summed E-state index contributed by atoms with van der Waals surface area (Å²) in [4.78, 5) is 25.1. The molecule has 0 atom stereocenters. The van der Waals surface area contributed by atoms with Gasteiger partial charge in [0.05, 0.1) is 19.2 Å². The maximum Gasteiger partial charge on any atom is 0.259 e. The van der Waals surface area contributed by atoms with Crippen molar-refractivity contribution in [3.8, 4) is 22.8 Å². The number of nitrogens with one attached hydrogen (secondary N) is 2. The number of likely N-dealkylation sites (N-methyl/N-ethyl adjacent to an activating group) is 1. The third-order valence-electron chi connectivity index (χ3n) is 5.39. The Balaban J connectivity index is 1.57. The standard InChI is InChI=1S/C28H28N4O4/c1-3-29-26(33)19-36-24-11-7-10-22(16-24)30-28(34)25-18-32(17-20-8-5-4-6-9-20)31-27(25)21-12-14-23(35-2)15-13-21/h4-16,18H,3,17,19H2,1-2H3,(H,29,33)(H,30,34). The first-order valence-electron chi connectivity index (χ1n) is 11.6. The van der Waals surface area contributed by atoms with Gasteiger partial charge < -0.3 is 20.1 Å². The number of hydrogen-bond acceptors (Lipinski definition) is 5. The molecule has 0 aliphatic carbocycles. The summed E-state index contributed by atoms with van der Waals surface area (Å²) in [5.74, 6) is 0.690. The summed E-state index contributed by atoms with van der Waals surface area (Å²) in [7, 11) is 1.61. The lowest BCUT2D eigenvalue weighted by Gasteiger charge is -2.09. The first-order chi connectivity index (χ1) is 17.6. The lowest BCUT2D eigenvalue weighted by molar-refractivity contribution is -0.122. The Morgan fingerprint density at radius 2 is 1.72 bits per heavy atom. The summed E-state index contributed by atoms with van der Waals surface area (Å²) >= 11 is 0. The topological polar surface area (TPSA) is 94.5 Å². The second-order valence-electron chi connectivity index (χ2n) is 8.03. The lowest BCUT2D eigenvalue weighted by Crippen LogP contribution is -2.28. The van der Waals surface area contributed by atoms with Gasteiger partial charge in [-0.25, -0.2) is 0 Å². The minimum Gasteiger partial charge on any atom is -0.497 e. The van der Waals surface area contributed by atoms with Crippen LogP contribution in [0.15, 0.2) is 85.1 Å². The summed E-state index contributed by atoms with van der Waals surface area (Å²) in [6.45, 7) is 2.81. The molecular weight excluding hydrogens is 456 g/mol. The van der Waals surface area contributed by atoms with Gasteiger partial charge in [0.1, 0.15) is 17.2 Å². The first-order valence-corrected chi connectivity index (χ1v) is 11.6. The van der Waals surface area contributed by atoms with Gasteiger partial charge in [0.15, 0.2) is 6.61 Å². The van der Waals surface area contributed by atoms with Gasteiger partial charge in [-0.2, -0.15) is 5.10 Å². The first kappa shape index (κ1) is 24.5. The van der Waals surface area contributed by atoms with Crippen molar-refractivity contribution in [2.24, 2.45) is 0 Å². The van der Waals surface area contributed by atoms with Gasteiger partial charge in [-0.1, -0.05) is 36.4 Å². The normalized spacial score (nSPS) is 10.5. The number of carbonyl (C=O) groups is 2. The second-order valence-corrected chi connectivity index (χ2v) is 8.03. The van der Waals surface area contributed by atoms with Crippen molar-refractivity contribution in [1.82, 2.24) is 15.1 Å². The van der Waals surface area contributed by atoms with Crippen LogP contribution in [-0.4, -0.2) is 41.9 Å². The number of methoxy groups -OCH3 is 1. The molecule has 0 fully saturated rings. The molecular formula is C28H28N4O4. The number of benzene rings is 3. The van der Waals surface area contributed by atoms with E-state index in [9.17, 15) is 9.59 Å². The predicted octanol–water partition coefficient (Wildman–Crippen LogP) is 4.37. The molecule has 0 spiro atoms. The molecule has 1 aromatic heterocycles. The summed E-state index contributed by atoms with van der Waals surface area (Å²) in [5.41, 5.74) is 3.42. The van der Waals surface area contributed by atoms with E-state index in [0.29, 0.717) is 35.8 Å². The van der Waals surface area contributed by atoms with Crippen LogP contribution in [0.25, 0.3) is 11.3 Å². The Morgan fingerprint density at radius 1 is 0.944 bits per heavy atom. The van der Waals surface area contributed by atoms with Crippen molar-refractivity contribution in [3.63, 3.8) is 0 Å². The molecule has 4 rings (SSSR count). The van der Waals surface area contributed by atoms with Crippen molar-refractivity contribution in [2.45, 2.75) is 13.5 Å². The molecule has 4 aromatic rings. The number of rotatable bonds is 10. The van der Waals surface area contributed by atoms with E-state index >= 15 is 0 Å². The van der Waals surface area contributed by atoms with E-state index in [0.717, 1.165) is 16.9 Å².